The van der Waals surface area contributed by atoms with Gasteiger partial charge >= 0.3 is 11.7 Å². The number of rotatable bonds is 5. The monoisotopic (exact) mass is 280 g/mol. The van der Waals surface area contributed by atoms with Crippen LogP contribution in [-0.4, -0.2) is 21.0 Å². The molecule has 19 heavy (non-hydrogen) atoms. The van der Waals surface area contributed by atoms with E-state index in [1.807, 2.05) is 17.5 Å². The zero-order valence-corrected chi connectivity index (χ0v) is 10.3. The molecule has 0 unspecified atom stereocenters. The lowest BCUT2D eigenvalue weighted by Gasteiger charge is -2.04. The molecule has 0 spiro atoms. The first kappa shape index (κ1) is 13.0. The van der Waals surface area contributed by atoms with Crippen molar-refractivity contribution in [2.45, 2.75) is 6.61 Å². The van der Waals surface area contributed by atoms with E-state index in [1.54, 1.807) is 0 Å². The van der Waals surface area contributed by atoms with E-state index in [-0.39, 0.29) is 12.5 Å². The highest BCUT2D eigenvalue weighted by molar-refractivity contribution is 7.09. The molecule has 0 aliphatic rings. The summed E-state index contributed by atoms with van der Waals surface area (Å²) in [4.78, 5) is 25.4. The molecular weight excluding hydrogens is 272 g/mol. The van der Waals surface area contributed by atoms with E-state index in [2.05, 4.69) is 4.98 Å². The van der Waals surface area contributed by atoms with Gasteiger partial charge in [-0.1, -0.05) is 6.07 Å². The van der Waals surface area contributed by atoms with Gasteiger partial charge in [0.2, 0.25) is 5.88 Å². The van der Waals surface area contributed by atoms with Crippen LogP contribution in [0.15, 0.2) is 29.8 Å². The van der Waals surface area contributed by atoms with Gasteiger partial charge in [0.1, 0.15) is 18.4 Å². The fourth-order valence-electron chi connectivity index (χ4n) is 1.36. The predicted molar refractivity (Wildman–Crippen MR) is 66.5 cm³/mol. The van der Waals surface area contributed by atoms with E-state index in [4.69, 9.17) is 9.84 Å². The topological polar surface area (TPSA) is 103 Å². The van der Waals surface area contributed by atoms with Gasteiger partial charge in [0.05, 0.1) is 4.92 Å². The molecule has 8 heteroatoms. The van der Waals surface area contributed by atoms with Crippen molar-refractivity contribution in [3.8, 4) is 5.88 Å². The number of carboxylic acids is 1. The Balaban J connectivity index is 2.20. The summed E-state index contributed by atoms with van der Waals surface area (Å²) >= 11 is 1.48. The van der Waals surface area contributed by atoms with Crippen LogP contribution in [-0.2, 0) is 6.61 Å². The van der Waals surface area contributed by atoms with Gasteiger partial charge in [-0.05, 0) is 11.4 Å². The molecule has 7 nitrogen and oxygen atoms in total. The molecule has 0 aliphatic heterocycles. The van der Waals surface area contributed by atoms with E-state index in [0.717, 1.165) is 17.1 Å². The first-order valence-corrected chi connectivity index (χ1v) is 5.99. The highest BCUT2D eigenvalue weighted by Crippen LogP contribution is 2.22. The summed E-state index contributed by atoms with van der Waals surface area (Å²) in [6, 6.07) is 4.76. The van der Waals surface area contributed by atoms with E-state index in [9.17, 15) is 14.9 Å². The van der Waals surface area contributed by atoms with Gasteiger partial charge in [0.15, 0.2) is 0 Å². The molecule has 0 atom stereocenters. The first-order valence-electron chi connectivity index (χ1n) is 5.11. The Bertz CT molecular complexity index is 612. The molecule has 98 valence electrons. The third-order valence-corrected chi connectivity index (χ3v) is 3.08. The van der Waals surface area contributed by atoms with Gasteiger partial charge in [-0.2, -0.15) is 0 Å². The van der Waals surface area contributed by atoms with Gasteiger partial charge in [0, 0.05) is 10.9 Å². The largest absolute Gasteiger partial charge is 0.477 e. The van der Waals surface area contributed by atoms with Crippen LogP contribution in [0, 0.1) is 10.1 Å². The second kappa shape index (κ2) is 5.44. The van der Waals surface area contributed by atoms with Crippen LogP contribution >= 0.6 is 11.3 Å². The number of hydrogen-bond donors (Lipinski definition) is 1. The van der Waals surface area contributed by atoms with Crippen molar-refractivity contribution in [1.82, 2.24) is 4.98 Å². The molecule has 2 aromatic rings. The van der Waals surface area contributed by atoms with Crippen molar-refractivity contribution in [1.29, 1.82) is 0 Å². The lowest BCUT2D eigenvalue weighted by Crippen LogP contribution is -2.05. The van der Waals surface area contributed by atoms with Crippen LogP contribution in [0.3, 0.4) is 0 Å². The van der Waals surface area contributed by atoms with Gasteiger partial charge in [-0.15, -0.1) is 11.3 Å². The number of nitrogens with zero attached hydrogens (tertiary/aromatic N) is 2. The quantitative estimate of drug-likeness (QED) is 0.666. The normalized spacial score (nSPS) is 10.1. The molecule has 0 aromatic carbocycles. The fraction of sp³-hybridized carbons (Fsp3) is 0.0909. The number of ether oxygens (including phenoxy) is 1. The number of pyridine rings is 1. The summed E-state index contributed by atoms with van der Waals surface area (Å²) in [6.07, 6.45) is 0.882. The summed E-state index contributed by atoms with van der Waals surface area (Å²) in [5, 5.41) is 21.4. The molecular formula is C11H8N2O5S. The Morgan fingerprint density at radius 2 is 2.37 bits per heavy atom. The molecule has 2 heterocycles. The molecule has 0 amide bonds. The fourth-order valence-corrected chi connectivity index (χ4v) is 1.98. The average molecular weight is 280 g/mol. The minimum Gasteiger partial charge on any atom is -0.477 e. The van der Waals surface area contributed by atoms with Crippen LogP contribution < -0.4 is 4.74 Å². The third kappa shape index (κ3) is 3.05. The van der Waals surface area contributed by atoms with Crippen molar-refractivity contribution in [3.05, 3.63) is 50.3 Å². The van der Waals surface area contributed by atoms with Crippen LogP contribution in [0.1, 0.15) is 15.2 Å². The Hall–Kier alpha value is -2.48. The van der Waals surface area contributed by atoms with Crippen molar-refractivity contribution < 1.29 is 19.6 Å². The Morgan fingerprint density at radius 1 is 1.58 bits per heavy atom. The number of nitro groups is 1. The number of carbonyl (C=O) groups is 1. The summed E-state index contributed by atoms with van der Waals surface area (Å²) in [6.45, 7) is 0.238. The average Bonchev–Trinajstić information content (AvgIpc) is 2.88. The van der Waals surface area contributed by atoms with Crippen LogP contribution in [0.2, 0.25) is 0 Å². The van der Waals surface area contributed by atoms with Gasteiger partial charge in [-0.25, -0.2) is 9.78 Å². The molecule has 0 radical (unpaired) electrons. The Labute approximate surface area is 111 Å². The number of aromatic carboxylic acids is 1. The van der Waals surface area contributed by atoms with Crippen LogP contribution in [0.4, 0.5) is 5.69 Å². The number of carboxylic acid groups (broad SMARTS) is 1. The molecule has 0 bridgehead atoms. The van der Waals surface area contributed by atoms with Crippen LogP contribution in [0.5, 0.6) is 5.88 Å². The zero-order chi connectivity index (χ0) is 13.8. The summed E-state index contributed by atoms with van der Waals surface area (Å²) in [7, 11) is 0. The van der Waals surface area contributed by atoms with E-state index >= 15 is 0 Å². The molecule has 0 fully saturated rings. The maximum absolute atomic E-state index is 10.9. The van der Waals surface area contributed by atoms with E-state index < -0.39 is 22.1 Å². The predicted octanol–water partition coefficient (Wildman–Crippen LogP) is 2.33. The van der Waals surface area contributed by atoms with E-state index in [0.29, 0.717) is 0 Å². The van der Waals surface area contributed by atoms with Gasteiger partial charge < -0.3 is 9.84 Å². The lowest BCUT2D eigenvalue weighted by atomic mass is 10.2. The number of aromatic nitrogens is 1. The third-order valence-electron chi connectivity index (χ3n) is 2.23. The Morgan fingerprint density at radius 3 is 2.95 bits per heavy atom. The van der Waals surface area contributed by atoms with E-state index in [1.165, 1.54) is 11.3 Å². The first-order chi connectivity index (χ1) is 9.08. The minimum atomic E-state index is -1.39. The summed E-state index contributed by atoms with van der Waals surface area (Å²) < 4.78 is 5.29. The number of hydrogen-bond acceptors (Lipinski definition) is 6. The second-order valence-corrected chi connectivity index (χ2v) is 4.50. The SMILES string of the molecule is O=C(O)c1cc(OCc2cccs2)ncc1[N+](=O)[O-]. The van der Waals surface area contributed by atoms with Crippen molar-refractivity contribution in [2.24, 2.45) is 0 Å². The molecule has 2 rings (SSSR count). The van der Waals surface area contributed by atoms with Gasteiger partial charge in [-0.3, -0.25) is 10.1 Å². The van der Waals surface area contributed by atoms with Gasteiger partial charge in [0.25, 0.3) is 0 Å². The van der Waals surface area contributed by atoms with Crippen molar-refractivity contribution in [2.75, 3.05) is 0 Å². The van der Waals surface area contributed by atoms with Crippen LogP contribution in [0.25, 0.3) is 0 Å². The zero-order valence-electron chi connectivity index (χ0n) is 9.48. The summed E-state index contributed by atoms with van der Waals surface area (Å²) in [5.41, 5.74) is -1.00. The van der Waals surface area contributed by atoms with Crippen molar-refractivity contribution >= 4 is 23.0 Å². The molecule has 1 N–H and O–H groups in total. The molecule has 0 aliphatic carbocycles. The lowest BCUT2D eigenvalue weighted by molar-refractivity contribution is -0.385. The number of thiophene rings is 1. The molecule has 0 saturated carbocycles. The molecule has 2 aromatic heterocycles. The minimum absolute atomic E-state index is 0.0383. The second-order valence-electron chi connectivity index (χ2n) is 3.47. The summed E-state index contributed by atoms with van der Waals surface area (Å²) in [5.74, 6) is -1.36. The van der Waals surface area contributed by atoms with Crippen molar-refractivity contribution in [3.63, 3.8) is 0 Å². The maximum atomic E-state index is 10.9. The molecule has 0 saturated heterocycles. The standard InChI is InChI=1S/C11H8N2O5S/c14-11(15)8-4-10(12-5-9(8)13(16)17)18-6-7-2-1-3-19-7/h1-5H,6H2,(H,14,15). The highest BCUT2D eigenvalue weighted by Gasteiger charge is 2.21. The highest BCUT2D eigenvalue weighted by atomic mass is 32.1. The maximum Gasteiger partial charge on any atom is 0.342 e. The smallest absolute Gasteiger partial charge is 0.342 e. The Kier molecular flexibility index (Phi) is 3.71.